The number of Topliss-reactive ketones (excluding diaryl/α,β-unsaturated/α-hetero) is 1. The van der Waals surface area contributed by atoms with E-state index in [1.54, 1.807) is 28.8 Å². The quantitative estimate of drug-likeness (QED) is 0.369. The lowest BCUT2D eigenvalue weighted by atomic mass is 10.0. The van der Waals surface area contributed by atoms with Crippen molar-refractivity contribution in [3.05, 3.63) is 65.3 Å². The maximum absolute atomic E-state index is 13.1. The van der Waals surface area contributed by atoms with Crippen LogP contribution in [0.5, 0.6) is 0 Å². The molecule has 0 aliphatic carbocycles. The zero-order chi connectivity index (χ0) is 21.7. The molecular weight excluding hydrogens is 460 g/mol. The molecule has 8 heteroatoms. The molecule has 0 aliphatic heterocycles. The molecule has 2 aromatic carbocycles. The van der Waals surface area contributed by atoms with Crippen molar-refractivity contribution >= 4 is 39.8 Å². The van der Waals surface area contributed by atoms with E-state index >= 15 is 0 Å². The molecule has 0 bridgehead atoms. The minimum absolute atomic E-state index is 0. The Kier molecular flexibility index (Phi) is 8.76. The van der Waals surface area contributed by atoms with E-state index in [9.17, 15) is 9.59 Å². The molecule has 0 aliphatic rings. The summed E-state index contributed by atoms with van der Waals surface area (Å²) in [6.07, 6.45) is 0. The number of halogens is 1. The lowest BCUT2D eigenvalue weighted by Crippen LogP contribution is -2.32. The molecule has 0 spiro atoms. The first-order chi connectivity index (χ1) is 14.5. The summed E-state index contributed by atoms with van der Waals surface area (Å²) in [6.45, 7) is 7.62. The fourth-order valence-electron chi connectivity index (χ4n) is 3.71. The minimum Gasteiger partial charge on any atom is -0.465 e. The third-order valence-corrected chi connectivity index (χ3v) is 5.44. The van der Waals surface area contributed by atoms with E-state index in [0.717, 1.165) is 30.7 Å². The molecule has 31 heavy (non-hydrogen) atoms. The molecule has 0 fully saturated rings. The van der Waals surface area contributed by atoms with E-state index in [-0.39, 0.29) is 40.5 Å². The standard InChI is InChI=1S/C23H28N4O3.BrH/c1-4-25(5-2)14-15-26-19-12-8-9-13-20(19)27(23(26)24)16-21(28)17-10-6-7-11-18(17)22(29)30-3;/h6-13,24H,4-5,14-16H2,1-3H3;1H. The smallest absolute Gasteiger partial charge is 0.338 e. The minimum atomic E-state index is -0.545. The fourth-order valence-corrected chi connectivity index (χ4v) is 3.71. The Morgan fingerprint density at radius 2 is 1.48 bits per heavy atom. The van der Waals surface area contributed by atoms with E-state index in [4.69, 9.17) is 10.1 Å². The first-order valence-electron chi connectivity index (χ1n) is 10.2. The first-order valence-corrected chi connectivity index (χ1v) is 10.2. The maximum Gasteiger partial charge on any atom is 0.338 e. The lowest BCUT2D eigenvalue weighted by molar-refractivity contribution is 0.0596. The first kappa shape index (κ1) is 24.6. The maximum atomic E-state index is 13.1. The van der Waals surface area contributed by atoms with E-state index in [1.807, 2.05) is 28.8 Å². The van der Waals surface area contributed by atoms with Crippen LogP contribution in [0.25, 0.3) is 11.0 Å². The Hall–Kier alpha value is -2.71. The van der Waals surface area contributed by atoms with Crippen LogP contribution in [0.3, 0.4) is 0 Å². The number of imidazole rings is 1. The largest absolute Gasteiger partial charge is 0.465 e. The summed E-state index contributed by atoms with van der Waals surface area (Å²) < 4.78 is 8.45. The van der Waals surface area contributed by atoms with Crippen LogP contribution in [0.1, 0.15) is 34.6 Å². The number of esters is 1. The Balaban J connectivity index is 0.00000341. The highest BCUT2D eigenvalue weighted by Crippen LogP contribution is 2.16. The van der Waals surface area contributed by atoms with Gasteiger partial charge in [0.25, 0.3) is 0 Å². The molecule has 0 saturated heterocycles. The lowest BCUT2D eigenvalue weighted by Gasteiger charge is -2.18. The highest BCUT2D eigenvalue weighted by atomic mass is 79.9. The number of likely N-dealkylation sites (N-methyl/N-ethyl adjacent to an activating group) is 1. The Bertz CT molecular complexity index is 1120. The van der Waals surface area contributed by atoms with E-state index in [2.05, 4.69) is 18.7 Å². The zero-order valence-corrected chi connectivity index (χ0v) is 19.8. The van der Waals surface area contributed by atoms with Crippen LogP contribution < -0.4 is 5.62 Å². The molecule has 0 radical (unpaired) electrons. The third kappa shape index (κ3) is 5.14. The number of aromatic nitrogens is 2. The summed E-state index contributed by atoms with van der Waals surface area (Å²) >= 11 is 0. The van der Waals surface area contributed by atoms with Gasteiger partial charge in [-0.05, 0) is 31.3 Å². The number of benzene rings is 2. The number of nitrogens with zero attached hydrogens (tertiary/aromatic N) is 3. The molecule has 3 aromatic rings. The number of ketones is 1. The highest BCUT2D eigenvalue weighted by molar-refractivity contribution is 8.93. The number of para-hydroxylation sites is 2. The summed E-state index contributed by atoms with van der Waals surface area (Å²) in [5.74, 6) is -0.780. The molecule has 0 saturated carbocycles. The normalized spacial score (nSPS) is 10.8. The third-order valence-electron chi connectivity index (χ3n) is 5.44. The van der Waals surface area contributed by atoms with Gasteiger partial charge in [0.15, 0.2) is 5.78 Å². The van der Waals surface area contributed by atoms with Crippen molar-refractivity contribution in [2.45, 2.75) is 26.9 Å². The van der Waals surface area contributed by atoms with Crippen molar-refractivity contribution in [3.8, 4) is 0 Å². The van der Waals surface area contributed by atoms with E-state index < -0.39 is 5.97 Å². The molecular formula is C23H29BrN4O3. The van der Waals surface area contributed by atoms with Crippen molar-refractivity contribution in [1.29, 1.82) is 5.41 Å². The number of methoxy groups -OCH3 is 1. The van der Waals surface area contributed by atoms with Gasteiger partial charge in [-0.25, -0.2) is 4.79 Å². The van der Waals surface area contributed by atoms with Crippen molar-refractivity contribution < 1.29 is 14.3 Å². The van der Waals surface area contributed by atoms with Gasteiger partial charge in [-0.2, -0.15) is 0 Å². The Labute approximate surface area is 192 Å². The van der Waals surface area contributed by atoms with Gasteiger partial charge in [0, 0.05) is 18.7 Å². The molecule has 0 unspecified atom stereocenters. The Morgan fingerprint density at radius 3 is 2.06 bits per heavy atom. The zero-order valence-electron chi connectivity index (χ0n) is 18.1. The van der Waals surface area contributed by atoms with Gasteiger partial charge in [-0.3, -0.25) is 10.2 Å². The SMILES string of the molecule is Br.CCN(CC)CCn1c(=N)n(CC(=O)c2ccccc2C(=O)OC)c2ccccc21. The molecule has 166 valence electrons. The summed E-state index contributed by atoms with van der Waals surface area (Å²) in [7, 11) is 1.30. The highest BCUT2D eigenvalue weighted by Gasteiger charge is 2.19. The summed E-state index contributed by atoms with van der Waals surface area (Å²) in [6, 6.07) is 14.4. The average molecular weight is 489 g/mol. The van der Waals surface area contributed by atoms with Gasteiger partial charge in [0.2, 0.25) is 5.62 Å². The van der Waals surface area contributed by atoms with Crippen molar-refractivity contribution in [2.75, 3.05) is 26.7 Å². The van der Waals surface area contributed by atoms with Crippen LogP contribution in [-0.2, 0) is 17.8 Å². The van der Waals surface area contributed by atoms with Gasteiger partial charge in [0.05, 0.1) is 30.3 Å². The number of nitrogens with one attached hydrogen (secondary N) is 1. The number of hydrogen-bond donors (Lipinski definition) is 1. The second-order valence-corrected chi connectivity index (χ2v) is 7.04. The van der Waals surface area contributed by atoms with Crippen LogP contribution in [-0.4, -0.2) is 52.5 Å². The molecule has 3 rings (SSSR count). The number of hydrogen-bond acceptors (Lipinski definition) is 5. The summed E-state index contributed by atoms with van der Waals surface area (Å²) in [4.78, 5) is 27.4. The number of fused-ring (bicyclic) bond motifs is 1. The second-order valence-electron chi connectivity index (χ2n) is 7.04. The van der Waals surface area contributed by atoms with Crippen molar-refractivity contribution in [1.82, 2.24) is 14.0 Å². The van der Waals surface area contributed by atoms with Gasteiger partial charge < -0.3 is 18.8 Å². The number of carbonyl (C=O) groups is 2. The van der Waals surface area contributed by atoms with Crippen LogP contribution in [0.15, 0.2) is 48.5 Å². The van der Waals surface area contributed by atoms with Crippen molar-refractivity contribution in [2.24, 2.45) is 0 Å². The van der Waals surface area contributed by atoms with Gasteiger partial charge >= 0.3 is 5.97 Å². The second kappa shape index (κ2) is 11.1. The van der Waals surface area contributed by atoms with Gasteiger partial charge in [0.1, 0.15) is 0 Å². The fraction of sp³-hybridized carbons (Fsp3) is 0.348. The number of ether oxygens (including phenoxy) is 1. The van der Waals surface area contributed by atoms with Crippen LogP contribution >= 0.6 is 17.0 Å². The van der Waals surface area contributed by atoms with Crippen LogP contribution in [0.2, 0.25) is 0 Å². The average Bonchev–Trinajstić information content (AvgIpc) is 3.05. The number of carbonyl (C=O) groups excluding carboxylic acids is 2. The molecule has 1 N–H and O–H groups in total. The Morgan fingerprint density at radius 1 is 0.935 bits per heavy atom. The monoisotopic (exact) mass is 488 g/mol. The van der Waals surface area contributed by atoms with Crippen molar-refractivity contribution in [3.63, 3.8) is 0 Å². The molecule has 7 nitrogen and oxygen atoms in total. The predicted octanol–water partition coefficient (Wildman–Crippen LogP) is 3.51. The topological polar surface area (TPSA) is 80.3 Å². The van der Waals surface area contributed by atoms with Gasteiger partial charge in [-0.15, -0.1) is 17.0 Å². The number of rotatable bonds is 9. The van der Waals surface area contributed by atoms with Crippen LogP contribution in [0.4, 0.5) is 0 Å². The predicted molar refractivity (Wildman–Crippen MR) is 126 cm³/mol. The molecule has 0 atom stereocenters. The van der Waals surface area contributed by atoms with E-state index in [1.165, 1.54) is 7.11 Å². The molecule has 1 aromatic heterocycles. The van der Waals surface area contributed by atoms with Gasteiger partial charge in [-0.1, -0.05) is 44.2 Å². The molecule has 1 heterocycles. The van der Waals surface area contributed by atoms with Crippen LogP contribution in [0, 0.1) is 5.41 Å². The molecule has 0 amide bonds. The van der Waals surface area contributed by atoms with E-state index in [0.29, 0.717) is 12.1 Å². The summed E-state index contributed by atoms with van der Waals surface area (Å²) in [5, 5.41) is 8.73. The summed E-state index contributed by atoms with van der Waals surface area (Å²) in [5.41, 5.74) is 2.56.